The van der Waals surface area contributed by atoms with E-state index in [4.69, 9.17) is 9.47 Å². The van der Waals surface area contributed by atoms with Gasteiger partial charge in [0.1, 0.15) is 0 Å². The summed E-state index contributed by atoms with van der Waals surface area (Å²) in [6, 6.07) is 14.4. The van der Waals surface area contributed by atoms with Crippen molar-refractivity contribution in [1.82, 2.24) is 10.6 Å². The minimum atomic E-state index is 0.298. The van der Waals surface area contributed by atoms with Gasteiger partial charge < -0.3 is 20.1 Å². The fourth-order valence-electron chi connectivity index (χ4n) is 2.71. The van der Waals surface area contributed by atoms with E-state index < -0.39 is 0 Å². The Morgan fingerprint density at radius 3 is 2.54 bits per heavy atom. The number of guanidine groups is 1. The SMILES string of the molecule is CCc1ccccc1CNC(=NC)NCc1ccc2c(c1)OCO2. The van der Waals surface area contributed by atoms with Gasteiger partial charge in [-0.2, -0.15) is 0 Å². The average molecular weight is 325 g/mol. The predicted octanol–water partition coefficient (Wildman–Crippen LogP) is 2.84. The summed E-state index contributed by atoms with van der Waals surface area (Å²) in [5.41, 5.74) is 3.78. The van der Waals surface area contributed by atoms with E-state index in [2.05, 4.69) is 46.8 Å². The molecule has 5 heteroatoms. The highest BCUT2D eigenvalue weighted by molar-refractivity contribution is 5.79. The lowest BCUT2D eigenvalue weighted by Crippen LogP contribution is -2.36. The summed E-state index contributed by atoms with van der Waals surface area (Å²) in [6.07, 6.45) is 1.03. The van der Waals surface area contributed by atoms with Crippen LogP contribution < -0.4 is 20.1 Å². The maximum atomic E-state index is 5.41. The summed E-state index contributed by atoms with van der Waals surface area (Å²) in [6.45, 7) is 3.90. The molecule has 0 fully saturated rings. The smallest absolute Gasteiger partial charge is 0.231 e. The molecule has 1 aliphatic rings. The van der Waals surface area contributed by atoms with Gasteiger partial charge in [0.15, 0.2) is 17.5 Å². The van der Waals surface area contributed by atoms with Gasteiger partial charge >= 0.3 is 0 Å². The van der Waals surface area contributed by atoms with Crippen molar-refractivity contribution in [3.8, 4) is 11.5 Å². The molecule has 5 nitrogen and oxygen atoms in total. The van der Waals surface area contributed by atoms with Crippen LogP contribution in [0.2, 0.25) is 0 Å². The highest BCUT2D eigenvalue weighted by atomic mass is 16.7. The Bertz CT molecular complexity index is 728. The number of hydrogen-bond acceptors (Lipinski definition) is 3. The van der Waals surface area contributed by atoms with Crippen LogP contribution in [0.4, 0.5) is 0 Å². The van der Waals surface area contributed by atoms with Gasteiger partial charge in [0.2, 0.25) is 6.79 Å². The summed E-state index contributed by atoms with van der Waals surface area (Å²) < 4.78 is 10.7. The predicted molar refractivity (Wildman–Crippen MR) is 95.4 cm³/mol. The molecule has 0 spiro atoms. The molecule has 3 rings (SSSR count). The number of benzene rings is 2. The summed E-state index contributed by atoms with van der Waals surface area (Å²) in [7, 11) is 1.78. The minimum Gasteiger partial charge on any atom is -0.454 e. The monoisotopic (exact) mass is 325 g/mol. The maximum Gasteiger partial charge on any atom is 0.231 e. The molecule has 126 valence electrons. The molecule has 0 radical (unpaired) electrons. The van der Waals surface area contributed by atoms with Crippen molar-refractivity contribution in [2.75, 3.05) is 13.8 Å². The molecule has 0 aromatic heterocycles. The van der Waals surface area contributed by atoms with Gasteiger partial charge in [-0.25, -0.2) is 0 Å². The van der Waals surface area contributed by atoms with Crippen molar-refractivity contribution < 1.29 is 9.47 Å². The summed E-state index contributed by atoms with van der Waals surface area (Å²) in [5.74, 6) is 2.38. The zero-order valence-electron chi connectivity index (χ0n) is 14.1. The number of aryl methyl sites for hydroxylation is 1. The third-order valence-corrected chi connectivity index (χ3v) is 4.07. The van der Waals surface area contributed by atoms with Crippen molar-refractivity contribution in [3.63, 3.8) is 0 Å². The van der Waals surface area contributed by atoms with E-state index in [1.165, 1.54) is 11.1 Å². The Hall–Kier alpha value is -2.69. The number of aliphatic imine (C=N–C) groups is 1. The molecular formula is C19H23N3O2. The van der Waals surface area contributed by atoms with Gasteiger partial charge in [-0.1, -0.05) is 37.3 Å². The average Bonchev–Trinajstić information content (AvgIpc) is 3.10. The summed E-state index contributed by atoms with van der Waals surface area (Å²) >= 11 is 0. The van der Waals surface area contributed by atoms with Crippen LogP contribution in [0.5, 0.6) is 11.5 Å². The fourth-order valence-corrected chi connectivity index (χ4v) is 2.71. The van der Waals surface area contributed by atoms with Crippen LogP contribution in [0.1, 0.15) is 23.6 Å². The Morgan fingerprint density at radius 1 is 1.00 bits per heavy atom. The van der Waals surface area contributed by atoms with Gasteiger partial charge in [-0.15, -0.1) is 0 Å². The Morgan fingerprint density at radius 2 is 1.75 bits per heavy atom. The summed E-state index contributed by atoms with van der Waals surface area (Å²) in [4.78, 5) is 4.28. The van der Waals surface area contributed by atoms with Crippen molar-refractivity contribution >= 4 is 5.96 Å². The van der Waals surface area contributed by atoms with E-state index in [1.807, 2.05) is 18.2 Å². The summed E-state index contributed by atoms with van der Waals surface area (Å²) in [5, 5.41) is 6.69. The van der Waals surface area contributed by atoms with E-state index in [1.54, 1.807) is 7.05 Å². The zero-order valence-corrected chi connectivity index (χ0v) is 14.1. The van der Waals surface area contributed by atoms with E-state index in [-0.39, 0.29) is 0 Å². The van der Waals surface area contributed by atoms with Crippen LogP contribution in [0, 0.1) is 0 Å². The number of fused-ring (bicyclic) bond motifs is 1. The fraction of sp³-hybridized carbons (Fsp3) is 0.316. The topological polar surface area (TPSA) is 54.9 Å². The zero-order chi connectivity index (χ0) is 16.8. The first-order chi connectivity index (χ1) is 11.8. The number of hydrogen-bond donors (Lipinski definition) is 2. The second-order valence-electron chi connectivity index (χ2n) is 5.59. The quantitative estimate of drug-likeness (QED) is 0.656. The number of rotatable bonds is 5. The molecule has 2 aromatic carbocycles. The molecule has 2 N–H and O–H groups in total. The van der Waals surface area contributed by atoms with E-state index in [0.717, 1.165) is 36.0 Å². The highest BCUT2D eigenvalue weighted by Crippen LogP contribution is 2.32. The first kappa shape index (κ1) is 16.2. The molecule has 0 unspecified atom stereocenters. The van der Waals surface area contributed by atoms with Gasteiger partial charge in [0.25, 0.3) is 0 Å². The molecule has 0 saturated heterocycles. The largest absolute Gasteiger partial charge is 0.454 e. The van der Waals surface area contributed by atoms with Crippen molar-refractivity contribution in [2.24, 2.45) is 4.99 Å². The first-order valence-electron chi connectivity index (χ1n) is 8.20. The van der Waals surface area contributed by atoms with Crippen molar-refractivity contribution in [2.45, 2.75) is 26.4 Å². The second-order valence-corrected chi connectivity index (χ2v) is 5.59. The normalized spacial score (nSPS) is 13.0. The van der Waals surface area contributed by atoms with E-state index in [0.29, 0.717) is 13.3 Å². The van der Waals surface area contributed by atoms with Crippen LogP contribution in [-0.2, 0) is 19.5 Å². The van der Waals surface area contributed by atoms with Gasteiger partial charge in [-0.05, 0) is 35.2 Å². The van der Waals surface area contributed by atoms with Crippen LogP contribution in [0.15, 0.2) is 47.5 Å². The highest BCUT2D eigenvalue weighted by Gasteiger charge is 2.13. The van der Waals surface area contributed by atoms with E-state index >= 15 is 0 Å². The molecular weight excluding hydrogens is 302 g/mol. The molecule has 0 aliphatic carbocycles. The molecule has 0 amide bonds. The Labute approximate surface area is 142 Å². The molecule has 24 heavy (non-hydrogen) atoms. The van der Waals surface area contributed by atoms with Gasteiger partial charge in [-0.3, -0.25) is 4.99 Å². The number of nitrogens with zero attached hydrogens (tertiary/aromatic N) is 1. The van der Waals surface area contributed by atoms with Crippen LogP contribution in [0.3, 0.4) is 0 Å². The van der Waals surface area contributed by atoms with Gasteiger partial charge in [0, 0.05) is 20.1 Å². The molecule has 0 saturated carbocycles. The molecule has 1 aliphatic heterocycles. The molecule has 2 aromatic rings. The third kappa shape index (κ3) is 3.79. The van der Waals surface area contributed by atoms with Crippen LogP contribution in [0.25, 0.3) is 0 Å². The van der Waals surface area contributed by atoms with Gasteiger partial charge in [0.05, 0.1) is 0 Å². The molecule has 0 bridgehead atoms. The van der Waals surface area contributed by atoms with Crippen LogP contribution >= 0.6 is 0 Å². The third-order valence-electron chi connectivity index (χ3n) is 4.07. The van der Waals surface area contributed by atoms with Crippen LogP contribution in [-0.4, -0.2) is 19.8 Å². The minimum absolute atomic E-state index is 0.298. The van der Waals surface area contributed by atoms with Crippen molar-refractivity contribution in [1.29, 1.82) is 0 Å². The standard InChI is InChI=1S/C19H23N3O2/c1-3-15-6-4-5-7-16(15)12-22-19(20-2)21-11-14-8-9-17-18(10-14)24-13-23-17/h4-10H,3,11-13H2,1-2H3,(H2,20,21,22). The lowest BCUT2D eigenvalue weighted by molar-refractivity contribution is 0.174. The second kappa shape index (κ2) is 7.73. The lowest BCUT2D eigenvalue weighted by Gasteiger charge is -2.14. The van der Waals surface area contributed by atoms with Crippen molar-refractivity contribution in [3.05, 3.63) is 59.2 Å². The maximum absolute atomic E-state index is 5.41. The molecule has 0 atom stereocenters. The van der Waals surface area contributed by atoms with E-state index in [9.17, 15) is 0 Å². The Kier molecular flexibility index (Phi) is 5.21. The lowest BCUT2D eigenvalue weighted by atomic mass is 10.1. The molecule has 1 heterocycles. The number of nitrogens with one attached hydrogen (secondary N) is 2. The number of ether oxygens (including phenoxy) is 2. The Balaban J connectivity index is 1.55. The first-order valence-corrected chi connectivity index (χ1v) is 8.20.